The molecule has 0 spiro atoms. The van der Waals surface area contributed by atoms with E-state index in [4.69, 9.17) is 16.3 Å². The van der Waals surface area contributed by atoms with Crippen LogP contribution in [0.4, 0.5) is 0 Å². The number of nitrogens with one attached hydrogen (secondary N) is 1. The Balaban J connectivity index is 1.92. The number of benzene rings is 2. The first-order valence-corrected chi connectivity index (χ1v) is 10.6. The van der Waals surface area contributed by atoms with Crippen molar-refractivity contribution in [3.8, 4) is 0 Å². The van der Waals surface area contributed by atoms with Gasteiger partial charge in [-0.05, 0) is 36.9 Å². The van der Waals surface area contributed by atoms with Gasteiger partial charge in [-0.1, -0.05) is 41.9 Å². The third kappa shape index (κ3) is 3.92. The van der Waals surface area contributed by atoms with Gasteiger partial charge in [-0.25, -0.2) is 13.2 Å². The van der Waals surface area contributed by atoms with E-state index in [-0.39, 0.29) is 15.5 Å². The number of halogens is 1. The average molecular weight is 394 g/mol. The second-order valence-corrected chi connectivity index (χ2v) is 8.84. The van der Waals surface area contributed by atoms with Gasteiger partial charge in [0.1, 0.15) is 5.60 Å². The van der Waals surface area contributed by atoms with Crippen LogP contribution in [0, 0.1) is 0 Å². The second kappa shape index (κ2) is 7.39. The molecule has 0 bridgehead atoms. The number of ether oxygens (including phenoxy) is 1. The predicted molar refractivity (Wildman–Crippen MR) is 100 cm³/mol. The number of esters is 1. The molecule has 1 fully saturated rings. The maximum atomic E-state index is 12.8. The van der Waals surface area contributed by atoms with Gasteiger partial charge in [0.15, 0.2) is 9.84 Å². The highest BCUT2D eigenvalue weighted by atomic mass is 35.5. The van der Waals surface area contributed by atoms with E-state index < -0.39 is 21.4 Å². The van der Waals surface area contributed by atoms with E-state index in [2.05, 4.69) is 5.32 Å². The molecule has 1 aliphatic heterocycles. The summed E-state index contributed by atoms with van der Waals surface area (Å²) in [5.74, 6) is -0.555. The summed E-state index contributed by atoms with van der Waals surface area (Å²) >= 11 is 6.16. The van der Waals surface area contributed by atoms with Crippen LogP contribution < -0.4 is 5.32 Å². The van der Waals surface area contributed by atoms with E-state index in [1.165, 1.54) is 18.2 Å². The number of rotatable bonds is 4. The lowest BCUT2D eigenvalue weighted by atomic mass is 9.84. The number of carbonyl (C=O) groups excluding carboxylic acids is 1. The minimum Gasteiger partial charge on any atom is -0.450 e. The van der Waals surface area contributed by atoms with Gasteiger partial charge in [0.2, 0.25) is 0 Å². The molecular formula is C19H20ClNO4S. The van der Waals surface area contributed by atoms with E-state index in [0.717, 1.165) is 24.9 Å². The minimum absolute atomic E-state index is 0.0649. The molecule has 0 atom stereocenters. The van der Waals surface area contributed by atoms with Gasteiger partial charge in [-0.2, -0.15) is 0 Å². The van der Waals surface area contributed by atoms with Gasteiger partial charge in [-0.15, -0.1) is 0 Å². The standard InChI is InChI=1S/C19H20ClNO4S/c1-26(23,24)15-7-8-16(17(20)13-15)18(22)25-19(9-11-21-12-10-19)14-5-3-2-4-6-14/h2-8,13,21H,9-12H2,1H3. The van der Waals surface area contributed by atoms with Crippen LogP contribution in [0.5, 0.6) is 0 Å². The van der Waals surface area contributed by atoms with Crippen LogP contribution in [0.2, 0.25) is 5.02 Å². The Labute approximate surface area is 158 Å². The summed E-state index contributed by atoms with van der Waals surface area (Å²) in [7, 11) is -3.39. The van der Waals surface area contributed by atoms with Crippen molar-refractivity contribution in [1.29, 1.82) is 0 Å². The minimum atomic E-state index is -3.39. The molecule has 1 aliphatic rings. The first kappa shape index (κ1) is 18.9. The molecule has 138 valence electrons. The molecule has 0 unspecified atom stereocenters. The van der Waals surface area contributed by atoms with Crippen molar-refractivity contribution in [3.63, 3.8) is 0 Å². The number of carbonyl (C=O) groups is 1. The zero-order chi connectivity index (χ0) is 18.8. The highest BCUT2D eigenvalue weighted by Crippen LogP contribution is 2.36. The van der Waals surface area contributed by atoms with Crippen molar-refractivity contribution in [2.75, 3.05) is 19.3 Å². The molecule has 0 saturated carbocycles. The van der Waals surface area contributed by atoms with Crippen LogP contribution in [0.15, 0.2) is 53.4 Å². The topological polar surface area (TPSA) is 72.5 Å². The van der Waals surface area contributed by atoms with Crippen LogP contribution >= 0.6 is 11.6 Å². The third-order valence-electron chi connectivity index (χ3n) is 4.59. The van der Waals surface area contributed by atoms with Crippen LogP contribution in [0.25, 0.3) is 0 Å². The summed E-state index contributed by atoms with van der Waals surface area (Å²) in [4.78, 5) is 12.9. The first-order valence-electron chi connectivity index (χ1n) is 8.31. The molecule has 2 aromatic rings. The number of hydrogen-bond donors (Lipinski definition) is 1. The van der Waals surface area contributed by atoms with Crippen LogP contribution in [-0.4, -0.2) is 33.7 Å². The van der Waals surface area contributed by atoms with Crippen molar-refractivity contribution in [3.05, 3.63) is 64.7 Å². The van der Waals surface area contributed by atoms with E-state index in [0.29, 0.717) is 12.8 Å². The smallest absolute Gasteiger partial charge is 0.340 e. The van der Waals surface area contributed by atoms with E-state index >= 15 is 0 Å². The van der Waals surface area contributed by atoms with Crippen LogP contribution in [0.1, 0.15) is 28.8 Å². The van der Waals surface area contributed by atoms with Crippen molar-refractivity contribution >= 4 is 27.4 Å². The highest BCUT2D eigenvalue weighted by molar-refractivity contribution is 7.90. The third-order valence-corrected chi connectivity index (χ3v) is 6.01. The Kier molecular flexibility index (Phi) is 5.37. The normalized spacial score (nSPS) is 16.8. The lowest BCUT2D eigenvalue weighted by molar-refractivity contribution is -0.0378. The summed E-state index contributed by atoms with van der Waals surface area (Å²) in [6.07, 6.45) is 2.40. The number of hydrogen-bond acceptors (Lipinski definition) is 5. The molecule has 26 heavy (non-hydrogen) atoms. The number of piperidine rings is 1. The monoisotopic (exact) mass is 393 g/mol. The van der Waals surface area contributed by atoms with Crippen LogP contribution in [0.3, 0.4) is 0 Å². The Hall–Kier alpha value is -1.89. The molecule has 0 amide bonds. The van der Waals surface area contributed by atoms with Crippen molar-refractivity contribution in [2.45, 2.75) is 23.3 Å². The summed E-state index contributed by atoms with van der Waals surface area (Å²) in [5.41, 5.74) is 0.384. The van der Waals surface area contributed by atoms with Gasteiger partial charge in [0, 0.05) is 19.1 Å². The predicted octanol–water partition coefficient (Wildman–Crippen LogP) is 3.18. The lowest BCUT2D eigenvalue weighted by Crippen LogP contribution is -2.43. The largest absolute Gasteiger partial charge is 0.450 e. The molecule has 3 rings (SSSR count). The second-order valence-electron chi connectivity index (χ2n) is 6.41. The maximum absolute atomic E-state index is 12.8. The molecular weight excluding hydrogens is 374 g/mol. The molecule has 7 heteroatoms. The summed E-state index contributed by atoms with van der Waals surface area (Å²) in [6, 6.07) is 13.7. The molecule has 5 nitrogen and oxygen atoms in total. The fourth-order valence-corrected chi connectivity index (χ4v) is 4.12. The summed E-state index contributed by atoms with van der Waals surface area (Å²) in [6.45, 7) is 1.48. The Morgan fingerprint density at radius 3 is 2.35 bits per heavy atom. The molecule has 2 aromatic carbocycles. The van der Waals surface area contributed by atoms with Gasteiger partial charge in [-0.3, -0.25) is 0 Å². The fraction of sp³-hybridized carbons (Fsp3) is 0.316. The highest BCUT2D eigenvalue weighted by Gasteiger charge is 2.38. The molecule has 1 saturated heterocycles. The summed E-state index contributed by atoms with van der Waals surface area (Å²) in [5, 5.41) is 3.34. The van der Waals surface area contributed by atoms with Gasteiger partial charge in [0.05, 0.1) is 15.5 Å². The molecule has 0 radical (unpaired) electrons. The van der Waals surface area contributed by atoms with E-state index in [1.54, 1.807) is 0 Å². The Morgan fingerprint density at radius 1 is 1.12 bits per heavy atom. The Morgan fingerprint density at radius 2 is 1.77 bits per heavy atom. The average Bonchev–Trinajstić information content (AvgIpc) is 2.62. The Bertz CT molecular complexity index is 906. The van der Waals surface area contributed by atoms with Crippen molar-refractivity contribution in [2.24, 2.45) is 0 Å². The van der Waals surface area contributed by atoms with Gasteiger partial charge < -0.3 is 10.1 Å². The lowest BCUT2D eigenvalue weighted by Gasteiger charge is -2.37. The molecule has 0 aliphatic carbocycles. The maximum Gasteiger partial charge on any atom is 0.340 e. The zero-order valence-corrected chi connectivity index (χ0v) is 15.9. The van der Waals surface area contributed by atoms with E-state index in [9.17, 15) is 13.2 Å². The summed E-state index contributed by atoms with van der Waals surface area (Å²) < 4.78 is 29.2. The zero-order valence-electron chi connectivity index (χ0n) is 14.4. The molecule has 1 heterocycles. The first-order chi connectivity index (χ1) is 12.3. The van der Waals surface area contributed by atoms with E-state index in [1.807, 2.05) is 30.3 Å². The quantitative estimate of drug-likeness (QED) is 0.807. The molecule has 1 N–H and O–H groups in total. The number of sulfone groups is 1. The SMILES string of the molecule is CS(=O)(=O)c1ccc(C(=O)OC2(c3ccccc3)CCNCC2)c(Cl)c1. The van der Waals surface area contributed by atoms with Crippen molar-refractivity contribution in [1.82, 2.24) is 5.32 Å². The van der Waals surface area contributed by atoms with Gasteiger partial charge in [0.25, 0.3) is 0 Å². The fourth-order valence-electron chi connectivity index (χ4n) is 3.15. The van der Waals surface area contributed by atoms with Crippen LogP contribution in [-0.2, 0) is 20.2 Å². The van der Waals surface area contributed by atoms with Gasteiger partial charge >= 0.3 is 5.97 Å². The molecule has 0 aromatic heterocycles. The van der Waals surface area contributed by atoms with Crippen molar-refractivity contribution < 1.29 is 17.9 Å².